The predicted octanol–water partition coefficient (Wildman–Crippen LogP) is 3.85. The Kier molecular flexibility index (Phi) is 4.25. The Labute approximate surface area is 121 Å². The Bertz CT molecular complexity index is 456. The second kappa shape index (κ2) is 6.13. The number of rotatable bonds is 5. The molecule has 110 valence electrons. The van der Waals surface area contributed by atoms with Crippen molar-refractivity contribution < 1.29 is 4.39 Å². The molecule has 1 saturated heterocycles. The van der Waals surface area contributed by atoms with Crippen LogP contribution in [0.1, 0.15) is 51.0 Å². The maximum Gasteiger partial charge on any atom is 0.146 e. The maximum absolute atomic E-state index is 14.4. The van der Waals surface area contributed by atoms with Crippen LogP contribution in [-0.4, -0.2) is 18.6 Å². The lowest BCUT2D eigenvalue weighted by Gasteiger charge is -2.37. The largest absolute Gasteiger partial charge is 0.366 e. The zero-order chi connectivity index (χ0) is 13.9. The van der Waals surface area contributed by atoms with Crippen LogP contribution in [0.15, 0.2) is 18.2 Å². The molecule has 2 nitrogen and oxygen atoms in total. The molecule has 1 aromatic carbocycles. The van der Waals surface area contributed by atoms with Gasteiger partial charge in [-0.2, -0.15) is 0 Å². The second-order valence-electron chi connectivity index (χ2n) is 6.19. The highest BCUT2D eigenvalue weighted by atomic mass is 19.1. The number of hydrogen-bond acceptors (Lipinski definition) is 2. The van der Waals surface area contributed by atoms with Gasteiger partial charge in [-0.15, -0.1) is 0 Å². The fourth-order valence-corrected chi connectivity index (χ4v) is 3.19. The van der Waals surface area contributed by atoms with Crippen molar-refractivity contribution in [3.8, 4) is 0 Å². The minimum atomic E-state index is -0.0551. The number of nitrogens with zero attached hydrogens (tertiary/aromatic N) is 1. The molecule has 1 N–H and O–H groups in total. The van der Waals surface area contributed by atoms with E-state index in [0.717, 1.165) is 30.8 Å². The molecule has 1 heterocycles. The lowest BCUT2D eigenvalue weighted by molar-refractivity contribution is 0.443. The molecule has 3 rings (SSSR count). The molecule has 1 saturated carbocycles. The van der Waals surface area contributed by atoms with Gasteiger partial charge < -0.3 is 10.2 Å². The first kappa shape index (κ1) is 13.9. The van der Waals surface area contributed by atoms with Gasteiger partial charge in [0.15, 0.2) is 0 Å². The van der Waals surface area contributed by atoms with Gasteiger partial charge in [0.1, 0.15) is 5.82 Å². The molecule has 0 bridgehead atoms. The normalized spacial score (nSPS) is 23.1. The SMILES string of the molecule is CCC1CCCCN1c1ccc(CNC2CC2)cc1F. The van der Waals surface area contributed by atoms with Crippen LogP contribution in [-0.2, 0) is 6.54 Å². The maximum atomic E-state index is 14.4. The summed E-state index contributed by atoms with van der Waals surface area (Å²) >= 11 is 0. The first-order valence-electron chi connectivity index (χ1n) is 8.06. The first-order chi connectivity index (χ1) is 9.78. The molecule has 0 spiro atoms. The summed E-state index contributed by atoms with van der Waals surface area (Å²) in [6.07, 6.45) is 7.30. The number of nitrogens with one attached hydrogen (secondary N) is 1. The third-order valence-electron chi connectivity index (χ3n) is 4.59. The van der Waals surface area contributed by atoms with Crippen LogP contribution < -0.4 is 10.2 Å². The molecule has 1 unspecified atom stereocenters. The molecule has 20 heavy (non-hydrogen) atoms. The van der Waals surface area contributed by atoms with Gasteiger partial charge in [-0.25, -0.2) is 4.39 Å². The van der Waals surface area contributed by atoms with E-state index in [1.807, 2.05) is 6.07 Å². The van der Waals surface area contributed by atoms with E-state index in [0.29, 0.717) is 12.1 Å². The van der Waals surface area contributed by atoms with Crippen LogP contribution in [0.4, 0.5) is 10.1 Å². The summed E-state index contributed by atoms with van der Waals surface area (Å²) in [5, 5.41) is 3.44. The Morgan fingerprint density at radius 2 is 2.10 bits per heavy atom. The third-order valence-corrected chi connectivity index (χ3v) is 4.59. The lowest BCUT2D eigenvalue weighted by atomic mass is 9.99. The molecule has 1 aliphatic heterocycles. The van der Waals surface area contributed by atoms with E-state index in [2.05, 4.69) is 23.2 Å². The molecule has 2 aliphatic rings. The molecule has 2 fully saturated rings. The smallest absolute Gasteiger partial charge is 0.146 e. The zero-order valence-corrected chi connectivity index (χ0v) is 12.4. The highest BCUT2D eigenvalue weighted by Crippen LogP contribution is 2.29. The van der Waals surface area contributed by atoms with Gasteiger partial charge in [-0.05, 0) is 56.2 Å². The van der Waals surface area contributed by atoms with Gasteiger partial charge in [0, 0.05) is 25.2 Å². The highest BCUT2D eigenvalue weighted by molar-refractivity contribution is 5.50. The zero-order valence-electron chi connectivity index (χ0n) is 12.4. The van der Waals surface area contributed by atoms with E-state index in [4.69, 9.17) is 0 Å². The summed E-state index contributed by atoms with van der Waals surface area (Å²) in [4.78, 5) is 2.27. The van der Waals surface area contributed by atoms with Crippen LogP contribution in [0.2, 0.25) is 0 Å². The van der Waals surface area contributed by atoms with Gasteiger partial charge in [0.2, 0.25) is 0 Å². The van der Waals surface area contributed by atoms with Crippen LogP contribution in [0.5, 0.6) is 0 Å². The number of benzene rings is 1. The predicted molar refractivity (Wildman–Crippen MR) is 81.5 cm³/mol. The molecular weight excluding hydrogens is 251 g/mol. The summed E-state index contributed by atoms with van der Waals surface area (Å²) in [7, 11) is 0. The Balaban J connectivity index is 1.71. The first-order valence-corrected chi connectivity index (χ1v) is 8.06. The summed E-state index contributed by atoms with van der Waals surface area (Å²) in [6, 6.07) is 6.95. The number of piperidine rings is 1. The number of halogens is 1. The van der Waals surface area contributed by atoms with E-state index < -0.39 is 0 Å². The summed E-state index contributed by atoms with van der Waals surface area (Å²) in [5.74, 6) is -0.0551. The molecule has 0 amide bonds. The molecule has 1 aromatic rings. The van der Waals surface area contributed by atoms with Crippen molar-refractivity contribution in [2.24, 2.45) is 0 Å². The summed E-state index contributed by atoms with van der Waals surface area (Å²) in [6.45, 7) is 3.99. The minimum absolute atomic E-state index is 0.0551. The van der Waals surface area contributed by atoms with Crippen molar-refractivity contribution in [1.29, 1.82) is 0 Å². The van der Waals surface area contributed by atoms with E-state index >= 15 is 0 Å². The van der Waals surface area contributed by atoms with Crippen LogP contribution in [0, 0.1) is 5.82 Å². The van der Waals surface area contributed by atoms with Gasteiger partial charge in [-0.3, -0.25) is 0 Å². The van der Waals surface area contributed by atoms with Crippen molar-refractivity contribution in [2.45, 2.75) is 64.1 Å². The van der Waals surface area contributed by atoms with Gasteiger partial charge in [-0.1, -0.05) is 13.0 Å². The topological polar surface area (TPSA) is 15.3 Å². The Morgan fingerprint density at radius 1 is 1.25 bits per heavy atom. The average molecular weight is 276 g/mol. The fraction of sp³-hybridized carbons (Fsp3) is 0.647. The van der Waals surface area contributed by atoms with Crippen molar-refractivity contribution in [3.05, 3.63) is 29.6 Å². The van der Waals surface area contributed by atoms with Crippen LogP contribution >= 0.6 is 0 Å². The van der Waals surface area contributed by atoms with Crippen molar-refractivity contribution in [3.63, 3.8) is 0 Å². The van der Waals surface area contributed by atoms with E-state index in [1.54, 1.807) is 6.07 Å². The highest BCUT2D eigenvalue weighted by Gasteiger charge is 2.24. The second-order valence-corrected chi connectivity index (χ2v) is 6.19. The average Bonchev–Trinajstić information content (AvgIpc) is 3.29. The quantitative estimate of drug-likeness (QED) is 0.879. The van der Waals surface area contributed by atoms with E-state index in [9.17, 15) is 4.39 Å². The molecule has 3 heteroatoms. The molecule has 0 radical (unpaired) electrons. The van der Waals surface area contributed by atoms with Crippen molar-refractivity contribution in [2.75, 3.05) is 11.4 Å². The van der Waals surface area contributed by atoms with Gasteiger partial charge >= 0.3 is 0 Å². The Morgan fingerprint density at radius 3 is 2.80 bits per heavy atom. The van der Waals surface area contributed by atoms with Crippen molar-refractivity contribution >= 4 is 5.69 Å². The third kappa shape index (κ3) is 3.14. The summed E-state index contributed by atoms with van der Waals surface area (Å²) < 4.78 is 14.4. The molecular formula is C17H25FN2. The molecule has 1 aliphatic carbocycles. The van der Waals surface area contributed by atoms with Crippen molar-refractivity contribution in [1.82, 2.24) is 5.32 Å². The minimum Gasteiger partial charge on any atom is -0.366 e. The van der Waals surface area contributed by atoms with Gasteiger partial charge in [0.25, 0.3) is 0 Å². The molecule has 1 atom stereocenters. The fourth-order valence-electron chi connectivity index (χ4n) is 3.19. The van der Waals surface area contributed by atoms with Crippen LogP contribution in [0.3, 0.4) is 0 Å². The van der Waals surface area contributed by atoms with Gasteiger partial charge in [0.05, 0.1) is 5.69 Å². The number of hydrogen-bond donors (Lipinski definition) is 1. The monoisotopic (exact) mass is 276 g/mol. The molecule has 0 aromatic heterocycles. The van der Waals surface area contributed by atoms with E-state index in [-0.39, 0.29) is 5.82 Å². The standard InChI is InChI=1S/C17H25FN2/c1-2-15-5-3-4-10-20(15)17-9-6-13(11-16(17)18)12-19-14-7-8-14/h6,9,11,14-15,19H,2-5,7-8,10,12H2,1H3. The lowest BCUT2D eigenvalue weighted by Crippen LogP contribution is -2.39. The summed E-state index contributed by atoms with van der Waals surface area (Å²) in [5.41, 5.74) is 1.86. The number of anilines is 1. The van der Waals surface area contributed by atoms with E-state index in [1.165, 1.54) is 32.1 Å². The Hall–Kier alpha value is -1.09. The van der Waals surface area contributed by atoms with Crippen LogP contribution in [0.25, 0.3) is 0 Å².